The molecule has 9 nitrogen and oxygen atoms in total. The van der Waals surface area contributed by atoms with Gasteiger partial charge in [0, 0.05) is 69.3 Å². The molecule has 0 aliphatic rings. The second-order valence-corrected chi connectivity index (χ2v) is 2.10. The molecular formula is C11H16N3O6W3-. The molecule has 0 rings (SSSR count). The van der Waals surface area contributed by atoms with Crippen LogP contribution in [0.3, 0.4) is 0 Å². The molecule has 0 aromatic carbocycles. The Labute approximate surface area is 177 Å². The summed E-state index contributed by atoms with van der Waals surface area (Å²) in [5.41, 5.74) is 0. The average molecular weight is 838 g/mol. The van der Waals surface area contributed by atoms with Gasteiger partial charge in [-0.15, -0.1) is 0 Å². The summed E-state index contributed by atoms with van der Waals surface area (Å²) in [6.45, 7) is 3.06. The number of nitrogens with zero attached hydrogens (tertiary/aromatic N) is 3. The van der Waals surface area contributed by atoms with Crippen molar-refractivity contribution in [3.8, 4) is 0 Å². The molecular weight excluding hydrogens is 822 g/mol. The smallest absolute Gasteiger partial charge is 0.330 e. The Balaban J connectivity index is -0.0000000371. The largest absolute Gasteiger partial charge is 0.460 e. The van der Waals surface area contributed by atoms with Crippen LogP contribution >= 0.6 is 0 Å². The number of aliphatic hydroxyl groups is 1. The summed E-state index contributed by atoms with van der Waals surface area (Å²) in [5, 5.41) is 8.10. The van der Waals surface area contributed by atoms with Crippen LogP contribution in [0, 0.1) is 7.43 Å². The van der Waals surface area contributed by atoms with Crippen LogP contribution in [0.15, 0.2) is 27.6 Å². The van der Waals surface area contributed by atoms with Gasteiger partial charge in [-0.25, -0.2) is 19.2 Å². The first-order chi connectivity index (χ1) is 8.65. The van der Waals surface area contributed by atoms with Crippen molar-refractivity contribution in [2.24, 2.45) is 15.0 Å². The number of carbonyl (C=O) groups excluding carboxylic acids is 4. The Morgan fingerprint density at radius 1 is 1.09 bits per heavy atom. The van der Waals surface area contributed by atoms with Gasteiger partial charge in [0.2, 0.25) is 18.2 Å². The van der Waals surface area contributed by atoms with E-state index >= 15 is 0 Å². The van der Waals surface area contributed by atoms with Crippen LogP contribution in [0.2, 0.25) is 0 Å². The third-order valence-corrected chi connectivity index (χ3v) is 1.01. The van der Waals surface area contributed by atoms with E-state index in [0.717, 1.165) is 24.3 Å². The van der Waals surface area contributed by atoms with Crippen LogP contribution in [0.5, 0.6) is 0 Å². The van der Waals surface area contributed by atoms with Gasteiger partial charge in [0.15, 0.2) is 0 Å². The van der Waals surface area contributed by atoms with E-state index in [1.54, 1.807) is 0 Å². The van der Waals surface area contributed by atoms with E-state index in [9.17, 15) is 19.2 Å². The predicted molar refractivity (Wildman–Crippen MR) is 69.5 cm³/mol. The number of isocyanates is 3. The minimum Gasteiger partial charge on any atom is -0.460 e. The SMILES string of the molecule is C.C=CC(=O)OCCO.O=C=NC(N=C=O)N=C=O.[CH3-].[W].[W].[W]. The number of carbonyl (C=O) groups is 1. The Morgan fingerprint density at radius 3 is 1.65 bits per heavy atom. The molecule has 0 saturated heterocycles. The van der Waals surface area contributed by atoms with Gasteiger partial charge in [-0.2, -0.15) is 15.0 Å². The van der Waals surface area contributed by atoms with Crippen molar-refractivity contribution < 1.29 is 92.2 Å². The van der Waals surface area contributed by atoms with Gasteiger partial charge in [-0.05, 0) is 0 Å². The van der Waals surface area contributed by atoms with Crippen LogP contribution in [0.25, 0.3) is 0 Å². The van der Waals surface area contributed by atoms with Crippen molar-refractivity contribution >= 4 is 24.2 Å². The molecule has 0 aromatic rings. The van der Waals surface area contributed by atoms with Crippen molar-refractivity contribution in [1.82, 2.24) is 0 Å². The molecule has 12 heteroatoms. The molecule has 0 atom stereocenters. The zero-order valence-electron chi connectivity index (χ0n) is 11.3. The number of rotatable bonds is 6. The molecule has 1 N–H and O–H groups in total. The number of aliphatic hydroxyl groups excluding tert-OH is 1. The summed E-state index contributed by atoms with van der Waals surface area (Å²) in [6, 6.07) is 0. The molecule has 0 aromatic heterocycles. The molecule has 0 heterocycles. The fourth-order valence-corrected chi connectivity index (χ4v) is 0.433. The second kappa shape index (κ2) is 37.5. The van der Waals surface area contributed by atoms with E-state index in [0.29, 0.717) is 0 Å². The third-order valence-electron chi connectivity index (χ3n) is 1.01. The molecule has 0 bridgehead atoms. The fourth-order valence-electron chi connectivity index (χ4n) is 0.433. The molecule has 0 aliphatic carbocycles. The third kappa shape index (κ3) is 38.8. The Hall–Kier alpha value is -0.625. The van der Waals surface area contributed by atoms with Gasteiger partial charge in [-0.3, -0.25) is 0 Å². The summed E-state index contributed by atoms with van der Waals surface area (Å²) in [6.07, 6.45) is 2.88. The molecule has 0 fully saturated rings. The Kier molecular flexibility index (Phi) is 70.6. The molecule has 0 radical (unpaired) electrons. The van der Waals surface area contributed by atoms with Crippen LogP contribution < -0.4 is 0 Å². The van der Waals surface area contributed by atoms with E-state index in [4.69, 9.17) is 5.11 Å². The second-order valence-electron chi connectivity index (χ2n) is 2.10. The van der Waals surface area contributed by atoms with E-state index in [1.807, 2.05) is 0 Å². The number of hydrogen-bond acceptors (Lipinski definition) is 9. The topological polar surface area (TPSA) is 135 Å². The van der Waals surface area contributed by atoms with Gasteiger partial charge in [0.25, 0.3) is 6.29 Å². The van der Waals surface area contributed by atoms with Crippen molar-refractivity contribution in [3.05, 3.63) is 20.1 Å². The molecule has 0 amide bonds. The Morgan fingerprint density at radius 2 is 1.43 bits per heavy atom. The number of ether oxygens (including phenoxy) is 1. The summed E-state index contributed by atoms with van der Waals surface area (Å²) >= 11 is 0. The van der Waals surface area contributed by atoms with E-state index in [-0.39, 0.29) is 91.3 Å². The van der Waals surface area contributed by atoms with Gasteiger partial charge in [-0.1, -0.05) is 14.0 Å². The minimum atomic E-state index is -1.37. The van der Waals surface area contributed by atoms with Crippen LogP contribution in [0.1, 0.15) is 7.43 Å². The zero-order chi connectivity index (χ0) is 14.2. The Bertz CT molecular complexity index is 374. The van der Waals surface area contributed by atoms with Gasteiger partial charge in [0.1, 0.15) is 6.61 Å². The summed E-state index contributed by atoms with van der Waals surface area (Å²) in [7, 11) is 0. The maximum Gasteiger partial charge on any atom is 0.330 e. The summed E-state index contributed by atoms with van der Waals surface area (Å²) in [4.78, 5) is 47.1. The van der Waals surface area contributed by atoms with Crippen LogP contribution in [-0.4, -0.2) is 48.8 Å². The summed E-state index contributed by atoms with van der Waals surface area (Å²) in [5.74, 6) is -0.501. The predicted octanol–water partition coefficient (Wildman–Crippen LogP) is 0.0642. The maximum atomic E-state index is 10.1. The molecule has 0 unspecified atom stereocenters. The first-order valence-electron chi connectivity index (χ1n) is 4.27. The monoisotopic (exact) mass is 838 g/mol. The molecule has 23 heavy (non-hydrogen) atoms. The van der Waals surface area contributed by atoms with Crippen molar-refractivity contribution in [2.75, 3.05) is 13.2 Å². The van der Waals surface area contributed by atoms with Crippen LogP contribution in [-0.2, 0) is 87.1 Å². The first kappa shape index (κ1) is 43.2. The fraction of sp³-hybridized carbons (Fsp3) is 0.364. The maximum absolute atomic E-state index is 10.1. The van der Waals surface area contributed by atoms with Gasteiger partial charge < -0.3 is 17.3 Å². The molecule has 130 valence electrons. The van der Waals surface area contributed by atoms with E-state index < -0.39 is 12.3 Å². The number of hydrogen-bond donors (Lipinski definition) is 1. The average Bonchev–Trinajstić information content (AvgIpc) is 2.37. The van der Waals surface area contributed by atoms with Crippen molar-refractivity contribution in [3.63, 3.8) is 0 Å². The standard InChI is InChI=1S/C5H8O3.C4HN3O3.CH4.CH3.3W/c1-2-5(7)8-4-3-6;8-1-5-4(6-2-9)7-3-10;;;;;/h2,6H,1,3-4H2;4H;1H4;1H3;;;/q;;;-1;;;. The van der Waals surface area contributed by atoms with E-state index in [1.165, 1.54) is 0 Å². The number of esters is 1. The zero-order valence-corrected chi connectivity index (χ0v) is 20.1. The van der Waals surface area contributed by atoms with Gasteiger partial charge >= 0.3 is 5.97 Å². The minimum absolute atomic E-state index is 0. The van der Waals surface area contributed by atoms with Crippen molar-refractivity contribution in [1.29, 1.82) is 0 Å². The normalized spacial score (nSPS) is 7.00. The summed E-state index contributed by atoms with van der Waals surface area (Å²) < 4.78 is 4.33. The van der Waals surface area contributed by atoms with E-state index in [2.05, 4.69) is 26.3 Å². The quantitative estimate of drug-likeness (QED) is 0.132. The van der Waals surface area contributed by atoms with Crippen molar-refractivity contribution in [2.45, 2.75) is 13.7 Å². The van der Waals surface area contributed by atoms with Gasteiger partial charge in [0.05, 0.1) is 6.61 Å². The molecule has 0 aliphatic heterocycles. The first-order valence-corrected chi connectivity index (χ1v) is 4.27. The number of aliphatic imine (C=N–C) groups is 3. The molecule has 0 spiro atoms. The molecule has 0 saturated carbocycles. The van der Waals surface area contributed by atoms with Crippen LogP contribution in [0.4, 0.5) is 0 Å².